The topological polar surface area (TPSA) is 37.8 Å². The minimum absolute atomic E-state index is 0.314. The molecule has 96 valence electrons. The predicted molar refractivity (Wildman–Crippen MR) is 80.4 cm³/mol. The lowest BCUT2D eigenvalue weighted by Gasteiger charge is -2.15. The van der Waals surface area contributed by atoms with E-state index >= 15 is 0 Å². The third kappa shape index (κ3) is 3.32. The van der Waals surface area contributed by atoms with Gasteiger partial charge in [-0.15, -0.1) is 10.2 Å². The van der Waals surface area contributed by atoms with E-state index < -0.39 is 0 Å². The molecule has 6 heteroatoms. The highest BCUT2D eigenvalue weighted by Gasteiger charge is 2.12. The fraction of sp³-hybridized carbons (Fsp3) is 0.333. The SMILES string of the molecule is CNC(C)c1ccc(Br)cc1Sc1nnc(C)s1. The van der Waals surface area contributed by atoms with Crippen LogP contribution in [0.5, 0.6) is 0 Å². The van der Waals surface area contributed by atoms with Gasteiger partial charge in [-0.1, -0.05) is 45.1 Å². The van der Waals surface area contributed by atoms with Crippen LogP contribution < -0.4 is 5.32 Å². The van der Waals surface area contributed by atoms with Crippen molar-refractivity contribution in [1.82, 2.24) is 15.5 Å². The molecule has 0 aliphatic heterocycles. The van der Waals surface area contributed by atoms with Gasteiger partial charge in [0, 0.05) is 15.4 Å². The van der Waals surface area contributed by atoms with Gasteiger partial charge in [0.05, 0.1) is 0 Å². The van der Waals surface area contributed by atoms with Crippen molar-refractivity contribution in [2.24, 2.45) is 0 Å². The largest absolute Gasteiger partial charge is 0.313 e. The Morgan fingerprint density at radius 1 is 1.39 bits per heavy atom. The number of nitrogens with one attached hydrogen (secondary N) is 1. The second kappa shape index (κ2) is 6.14. The lowest BCUT2D eigenvalue weighted by atomic mass is 10.1. The summed E-state index contributed by atoms with van der Waals surface area (Å²) in [6, 6.07) is 6.65. The summed E-state index contributed by atoms with van der Waals surface area (Å²) in [7, 11) is 1.97. The summed E-state index contributed by atoms with van der Waals surface area (Å²) in [5, 5.41) is 12.5. The number of aryl methyl sites for hydroxylation is 1. The Morgan fingerprint density at radius 3 is 2.78 bits per heavy atom. The second-order valence-electron chi connectivity index (χ2n) is 3.88. The third-order valence-corrected chi connectivity index (χ3v) is 5.04. The monoisotopic (exact) mass is 343 g/mol. The quantitative estimate of drug-likeness (QED) is 0.908. The summed E-state index contributed by atoms with van der Waals surface area (Å²) in [6.07, 6.45) is 0. The van der Waals surface area contributed by atoms with Crippen LogP contribution in [-0.4, -0.2) is 17.2 Å². The number of benzene rings is 1. The standard InChI is InChI=1S/C12H14BrN3S2/c1-7(14-3)10-5-4-9(13)6-11(10)18-12-16-15-8(2)17-12/h4-7,14H,1-3H3. The molecular weight excluding hydrogens is 330 g/mol. The highest BCUT2D eigenvalue weighted by molar-refractivity contribution is 9.10. The van der Waals surface area contributed by atoms with Crippen LogP contribution in [0.15, 0.2) is 31.9 Å². The van der Waals surface area contributed by atoms with E-state index in [1.165, 1.54) is 10.5 Å². The number of nitrogens with zero attached hydrogens (tertiary/aromatic N) is 2. The Morgan fingerprint density at radius 2 is 2.17 bits per heavy atom. The van der Waals surface area contributed by atoms with E-state index in [4.69, 9.17) is 0 Å². The van der Waals surface area contributed by atoms with Crippen LogP contribution in [0.2, 0.25) is 0 Å². The zero-order valence-corrected chi connectivity index (χ0v) is 13.6. The average molecular weight is 344 g/mol. The van der Waals surface area contributed by atoms with Crippen molar-refractivity contribution in [2.45, 2.75) is 29.1 Å². The first-order valence-corrected chi connectivity index (χ1v) is 7.97. The van der Waals surface area contributed by atoms with Crippen LogP contribution in [0.1, 0.15) is 23.5 Å². The Kier molecular flexibility index (Phi) is 4.77. The lowest BCUT2D eigenvalue weighted by Crippen LogP contribution is -2.13. The molecule has 0 fully saturated rings. The molecule has 0 aliphatic rings. The smallest absolute Gasteiger partial charge is 0.179 e. The van der Waals surface area contributed by atoms with Gasteiger partial charge < -0.3 is 5.32 Å². The van der Waals surface area contributed by atoms with E-state index in [0.717, 1.165) is 13.8 Å². The molecule has 2 aromatic rings. The Labute approximate surface area is 124 Å². The minimum atomic E-state index is 0.314. The van der Waals surface area contributed by atoms with Crippen LogP contribution in [0.4, 0.5) is 0 Å². The summed E-state index contributed by atoms with van der Waals surface area (Å²) in [5.41, 5.74) is 1.28. The maximum atomic E-state index is 4.16. The average Bonchev–Trinajstić information content (AvgIpc) is 2.74. The van der Waals surface area contributed by atoms with E-state index in [2.05, 4.69) is 56.6 Å². The third-order valence-electron chi connectivity index (χ3n) is 2.58. The van der Waals surface area contributed by atoms with Crippen molar-refractivity contribution in [3.63, 3.8) is 0 Å². The maximum Gasteiger partial charge on any atom is 0.179 e. The van der Waals surface area contributed by atoms with Gasteiger partial charge in [-0.3, -0.25) is 0 Å². The molecule has 1 aromatic heterocycles. The number of hydrogen-bond acceptors (Lipinski definition) is 5. The summed E-state index contributed by atoms with van der Waals surface area (Å²) in [5.74, 6) is 0. The zero-order valence-electron chi connectivity index (χ0n) is 10.4. The Hall–Kier alpha value is -0.430. The molecule has 2 rings (SSSR count). The van der Waals surface area contributed by atoms with Crippen LogP contribution >= 0.6 is 39.0 Å². The van der Waals surface area contributed by atoms with E-state index in [-0.39, 0.29) is 0 Å². The fourth-order valence-electron chi connectivity index (χ4n) is 1.52. The van der Waals surface area contributed by atoms with E-state index in [1.807, 2.05) is 14.0 Å². The van der Waals surface area contributed by atoms with Gasteiger partial charge in [0.2, 0.25) is 0 Å². The van der Waals surface area contributed by atoms with Gasteiger partial charge in [-0.25, -0.2) is 0 Å². The van der Waals surface area contributed by atoms with Crippen molar-refractivity contribution in [3.05, 3.63) is 33.2 Å². The molecule has 1 atom stereocenters. The van der Waals surface area contributed by atoms with Gasteiger partial charge >= 0.3 is 0 Å². The van der Waals surface area contributed by atoms with Gasteiger partial charge in [-0.05, 0) is 38.6 Å². The molecule has 1 heterocycles. The van der Waals surface area contributed by atoms with E-state index in [0.29, 0.717) is 6.04 Å². The van der Waals surface area contributed by atoms with E-state index in [9.17, 15) is 0 Å². The highest BCUT2D eigenvalue weighted by atomic mass is 79.9. The first kappa shape index (κ1) is 14.0. The lowest BCUT2D eigenvalue weighted by molar-refractivity contribution is 0.641. The van der Waals surface area contributed by atoms with Crippen molar-refractivity contribution in [2.75, 3.05) is 7.05 Å². The molecule has 0 amide bonds. The molecule has 1 aromatic carbocycles. The second-order valence-corrected chi connectivity index (χ2v) is 7.27. The first-order valence-electron chi connectivity index (χ1n) is 5.55. The summed E-state index contributed by atoms with van der Waals surface area (Å²) in [4.78, 5) is 1.21. The molecule has 0 saturated carbocycles. The molecular formula is C12H14BrN3S2. The first-order chi connectivity index (χ1) is 8.60. The Balaban J connectivity index is 2.33. The number of hydrogen-bond donors (Lipinski definition) is 1. The molecule has 0 radical (unpaired) electrons. The van der Waals surface area contributed by atoms with Crippen LogP contribution in [0.25, 0.3) is 0 Å². The molecule has 1 N–H and O–H groups in total. The van der Waals surface area contributed by atoms with Crippen LogP contribution in [0.3, 0.4) is 0 Å². The van der Waals surface area contributed by atoms with Crippen molar-refractivity contribution in [1.29, 1.82) is 0 Å². The molecule has 18 heavy (non-hydrogen) atoms. The molecule has 1 unspecified atom stereocenters. The van der Waals surface area contributed by atoms with Crippen molar-refractivity contribution < 1.29 is 0 Å². The van der Waals surface area contributed by atoms with Gasteiger partial charge in [0.25, 0.3) is 0 Å². The maximum absolute atomic E-state index is 4.16. The summed E-state index contributed by atoms with van der Waals surface area (Å²) >= 11 is 6.81. The number of aromatic nitrogens is 2. The predicted octanol–water partition coefficient (Wildman–Crippen LogP) is 4.04. The van der Waals surface area contributed by atoms with Gasteiger partial charge in [-0.2, -0.15) is 0 Å². The Bertz CT molecular complexity index is 542. The normalized spacial score (nSPS) is 12.7. The summed E-state index contributed by atoms with van der Waals surface area (Å²) in [6.45, 7) is 4.12. The highest BCUT2D eigenvalue weighted by Crippen LogP contribution is 2.36. The fourth-order valence-corrected chi connectivity index (χ4v) is 4.07. The minimum Gasteiger partial charge on any atom is -0.313 e. The molecule has 0 spiro atoms. The van der Waals surface area contributed by atoms with Crippen LogP contribution in [0, 0.1) is 6.92 Å². The number of rotatable bonds is 4. The van der Waals surface area contributed by atoms with Gasteiger partial charge in [0.1, 0.15) is 5.01 Å². The number of halogens is 1. The summed E-state index contributed by atoms with van der Waals surface area (Å²) < 4.78 is 2.06. The van der Waals surface area contributed by atoms with E-state index in [1.54, 1.807) is 23.1 Å². The van der Waals surface area contributed by atoms with Crippen LogP contribution in [-0.2, 0) is 0 Å². The molecule has 0 aliphatic carbocycles. The molecule has 0 saturated heterocycles. The van der Waals surface area contributed by atoms with Crippen molar-refractivity contribution >= 4 is 39.0 Å². The molecule has 3 nitrogen and oxygen atoms in total. The van der Waals surface area contributed by atoms with Crippen molar-refractivity contribution in [3.8, 4) is 0 Å². The van der Waals surface area contributed by atoms with Gasteiger partial charge in [0.15, 0.2) is 4.34 Å². The zero-order chi connectivity index (χ0) is 13.1. The molecule has 0 bridgehead atoms.